The Labute approximate surface area is 219 Å². The van der Waals surface area contributed by atoms with Crippen LogP contribution >= 0.6 is 15.9 Å². The molecular formula is C26H41Br2NO4. The van der Waals surface area contributed by atoms with Crippen LogP contribution in [0.25, 0.3) is 0 Å². The van der Waals surface area contributed by atoms with E-state index >= 15 is 0 Å². The molecule has 4 fully saturated rings. The van der Waals surface area contributed by atoms with Crippen molar-refractivity contribution >= 4 is 15.9 Å². The number of nitrogens with zero attached hydrogens (tertiary/aromatic N) is 1. The number of methoxy groups -OCH3 is 2. The van der Waals surface area contributed by atoms with Crippen LogP contribution in [0.1, 0.15) is 45.1 Å². The maximum absolute atomic E-state index is 6.23. The normalized spacial score (nSPS) is 27.2. The minimum absolute atomic E-state index is 0. The predicted molar refractivity (Wildman–Crippen MR) is 130 cm³/mol. The van der Waals surface area contributed by atoms with Gasteiger partial charge in [-0.3, -0.25) is 0 Å². The molecular weight excluding hydrogens is 550 g/mol. The lowest BCUT2D eigenvalue weighted by atomic mass is 9.45. The van der Waals surface area contributed by atoms with E-state index < -0.39 is 0 Å². The zero-order chi connectivity index (χ0) is 22.8. The first kappa shape index (κ1) is 27.3. The summed E-state index contributed by atoms with van der Waals surface area (Å²) in [6.45, 7) is 12.3. The van der Waals surface area contributed by atoms with E-state index in [-0.39, 0.29) is 17.0 Å². The summed E-state index contributed by atoms with van der Waals surface area (Å²) in [6, 6.07) is 4.12. The standard InChI is InChI=1S/C26H41BrNO4.BrH/c1-26(2)21-6-5-19(22(26)16-21)7-11-31-12-8-28(9-13-32-14-10-28)18-20-15-24(29-3)25(30-4)17-23(20)27;/h15,17,19,21-22H,5-14,16,18H2,1-4H3;1H/q+1;/p-1/t19?,21-,22-;/m0./s1. The Balaban J connectivity index is 0.00000306. The van der Waals surface area contributed by atoms with E-state index in [0.29, 0.717) is 5.41 Å². The summed E-state index contributed by atoms with van der Waals surface area (Å²) < 4.78 is 25.0. The third-order valence-corrected chi connectivity index (χ3v) is 9.56. The van der Waals surface area contributed by atoms with Gasteiger partial charge in [-0.05, 0) is 61.0 Å². The predicted octanol–water partition coefficient (Wildman–Crippen LogP) is 2.30. The van der Waals surface area contributed by atoms with Gasteiger partial charge in [0, 0.05) is 16.6 Å². The number of hydrogen-bond donors (Lipinski definition) is 0. The first-order valence-electron chi connectivity index (χ1n) is 12.3. The Bertz CT molecular complexity index is 780. The molecule has 3 atom stereocenters. The first-order valence-corrected chi connectivity index (χ1v) is 13.1. The van der Waals surface area contributed by atoms with Gasteiger partial charge in [-0.25, -0.2) is 0 Å². The Hall–Kier alpha value is -0.340. The molecule has 0 N–H and O–H groups in total. The fraction of sp³-hybridized carbons (Fsp3) is 0.769. The largest absolute Gasteiger partial charge is 1.00 e. The van der Waals surface area contributed by atoms with E-state index in [9.17, 15) is 0 Å². The molecule has 3 saturated carbocycles. The van der Waals surface area contributed by atoms with Crippen molar-refractivity contribution in [2.24, 2.45) is 23.2 Å². The lowest BCUT2D eigenvalue weighted by Gasteiger charge is -2.60. The molecule has 1 aliphatic heterocycles. The van der Waals surface area contributed by atoms with Gasteiger partial charge in [0.15, 0.2) is 11.5 Å². The quantitative estimate of drug-likeness (QED) is 0.310. The highest BCUT2D eigenvalue weighted by Gasteiger charge is 2.53. The molecule has 5 nitrogen and oxygen atoms in total. The molecule has 1 heterocycles. The Morgan fingerprint density at radius 3 is 2.39 bits per heavy atom. The zero-order valence-electron chi connectivity index (χ0n) is 20.7. The summed E-state index contributed by atoms with van der Waals surface area (Å²) in [7, 11) is 3.37. The molecule has 2 bridgehead atoms. The highest BCUT2D eigenvalue weighted by molar-refractivity contribution is 9.10. The average molecular weight is 591 g/mol. The second-order valence-corrected chi connectivity index (χ2v) is 11.5. The van der Waals surface area contributed by atoms with Crippen LogP contribution in [0, 0.1) is 23.2 Å². The number of ether oxygens (including phenoxy) is 4. The number of morpholine rings is 1. The Morgan fingerprint density at radius 1 is 1.06 bits per heavy atom. The molecule has 5 rings (SSSR count). The molecule has 1 aromatic rings. The maximum atomic E-state index is 6.23. The number of hydrogen-bond acceptors (Lipinski definition) is 4. The third-order valence-electron chi connectivity index (χ3n) is 8.82. The molecule has 1 saturated heterocycles. The van der Waals surface area contributed by atoms with Gasteiger partial charge in [0.1, 0.15) is 26.2 Å². The minimum Gasteiger partial charge on any atom is -1.00 e. The van der Waals surface area contributed by atoms with Gasteiger partial charge in [0.05, 0.1) is 34.0 Å². The van der Waals surface area contributed by atoms with E-state index in [0.717, 1.165) is 90.8 Å². The summed E-state index contributed by atoms with van der Waals surface area (Å²) in [5.41, 5.74) is 1.81. The molecule has 188 valence electrons. The van der Waals surface area contributed by atoms with Crippen molar-refractivity contribution in [2.45, 2.75) is 46.1 Å². The molecule has 3 aliphatic carbocycles. The number of fused-ring (bicyclic) bond motifs is 2. The fourth-order valence-electron chi connectivity index (χ4n) is 6.47. The van der Waals surface area contributed by atoms with Gasteiger partial charge in [-0.15, -0.1) is 0 Å². The SMILES string of the molecule is COc1cc(Br)c(C[N+]2(CCOCCC3CC[C@H]4C[C@@H]3C4(C)C)CCOCC2)cc1OC.[Br-]. The lowest BCUT2D eigenvalue weighted by molar-refractivity contribution is -0.947. The summed E-state index contributed by atoms with van der Waals surface area (Å²) in [4.78, 5) is 0. The van der Waals surface area contributed by atoms with Crippen LogP contribution in [-0.2, 0) is 16.0 Å². The Morgan fingerprint density at radius 2 is 1.76 bits per heavy atom. The molecule has 1 aromatic carbocycles. The molecule has 4 aliphatic rings. The van der Waals surface area contributed by atoms with Gasteiger partial charge in [-0.2, -0.15) is 0 Å². The molecule has 0 radical (unpaired) electrons. The average Bonchev–Trinajstić information content (AvgIpc) is 2.80. The fourth-order valence-corrected chi connectivity index (χ4v) is 6.92. The van der Waals surface area contributed by atoms with Gasteiger partial charge >= 0.3 is 0 Å². The van der Waals surface area contributed by atoms with E-state index in [1.54, 1.807) is 14.2 Å². The van der Waals surface area contributed by atoms with Crippen LogP contribution in [0.4, 0.5) is 0 Å². The number of quaternary nitrogens is 1. The lowest BCUT2D eigenvalue weighted by Crippen LogP contribution is -3.00. The molecule has 33 heavy (non-hydrogen) atoms. The van der Waals surface area contributed by atoms with E-state index in [1.807, 2.05) is 6.07 Å². The van der Waals surface area contributed by atoms with Gasteiger partial charge in [0.2, 0.25) is 0 Å². The van der Waals surface area contributed by atoms with Crippen molar-refractivity contribution in [1.29, 1.82) is 0 Å². The zero-order valence-corrected chi connectivity index (χ0v) is 23.9. The van der Waals surface area contributed by atoms with Crippen LogP contribution in [0.5, 0.6) is 11.5 Å². The van der Waals surface area contributed by atoms with Gasteiger partial charge in [-0.1, -0.05) is 29.8 Å². The second kappa shape index (κ2) is 11.6. The highest BCUT2D eigenvalue weighted by Crippen LogP contribution is 2.61. The van der Waals surface area contributed by atoms with Crippen molar-refractivity contribution in [3.05, 3.63) is 22.2 Å². The molecule has 0 amide bonds. The smallest absolute Gasteiger partial charge is 0.161 e. The van der Waals surface area contributed by atoms with Gasteiger partial charge < -0.3 is 40.4 Å². The van der Waals surface area contributed by atoms with Crippen molar-refractivity contribution in [3.8, 4) is 11.5 Å². The summed E-state index contributed by atoms with van der Waals surface area (Å²) in [5, 5.41) is 0. The molecule has 1 unspecified atom stereocenters. The summed E-state index contributed by atoms with van der Waals surface area (Å²) in [5.74, 6) is 4.30. The van der Waals surface area contributed by atoms with Crippen LogP contribution in [0.2, 0.25) is 0 Å². The minimum atomic E-state index is 0. The van der Waals surface area contributed by atoms with Crippen molar-refractivity contribution in [1.82, 2.24) is 0 Å². The first-order chi connectivity index (χ1) is 15.4. The maximum Gasteiger partial charge on any atom is 0.161 e. The molecule has 0 spiro atoms. The van der Waals surface area contributed by atoms with Crippen LogP contribution < -0.4 is 26.5 Å². The van der Waals surface area contributed by atoms with Crippen molar-refractivity contribution in [3.63, 3.8) is 0 Å². The van der Waals surface area contributed by atoms with Gasteiger partial charge in [0.25, 0.3) is 0 Å². The van der Waals surface area contributed by atoms with Crippen LogP contribution in [0.3, 0.4) is 0 Å². The topological polar surface area (TPSA) is 36.9 Å². The number of benzene rings is 1. The number of halogens is 2. The van der Waals surface area contributed by atoms with Crippen molar-refractivity contribution in [2.75, 3.05) is 60.3 Å². The van der Waals surface area contributed by atoms with Crippen LogP contribution in [0.15, 0.2) is 16.6 Å². The van der Waals surface area contributed by atoms with Crippen LogP contribution in [-0.4, -0.2) is 64.8 Å². The number of rotatable bonds is 10. The molecule has 0 aromatic heterocycles. The summed E-state index contributed by atoms with van der Waals surface area (Å²) in [6.07, 6.45) is 5.52. The van der Waals surface area contributed by atoms with E-state index in [1.165, 1.54) is 31.2 Å². The highest BCUT2D eigenvalue weighted by atomic mass is 79.9. The summed E-state index contributed by atoms with van der Waals surface area (Å²) >= 11 is 3.75. The second-order valence-electron chi connectivity index (χ2n) is 10.7. The monoisotopic (exact) mass is 589 g/mol. The van der Waals surface area contributed by atoms with E-state index in [4.69, 9.17) is 18.9 Å². The Kier molecular flexibility index (Phi) is 9.58. The third kappa shape index (κ3) is 5.91. The van der Waals surface area contributed by atoms with E-state index in [2.05, 4.69) is 35.8 Å². The molecule has 7 heteroatoms. The van der Waals surface area contributed by atoms with Crippen molar-refractivity contribution < 1.29 is 40.4 Å².